The lowest BCUT2D eigenvalue weighted by Gasteiger charge is -2.13. The monoisotopic (exact) mass is 377 g/mol. The van der Waals surface area contributed by atoms with Crippen molar-refractivity contribution in [3.05, 3.63) is 26.9 Å². The van der Waals surface area contributed by atoms with Gasteiger partial charge < -0.3 is 9.84 Å². The van der Waals surface area contributed by atoms with Crippen LogP contribution in [0.25, 0.3) is 0 Å². The van der Waals surface area contributed by atoms with Crippen LogP contribution in [0.1, 0.15) is 43.9 Å². The van der Waals surface area contributed by atoms with E-state index in [9.17, 15) is 5.11 Å². The van der Waals surface area contributed by atoms with Crippen LogP contribution in [0, 0.1) is 0 Å². The van der Waals surface area contributed by atoms with Crippen molar-refractivity contribution < 1.29 is 9.84 Å². The third-order valence-corrected chi connectivity index (χ3v) is 4.25. The van der Waals surface area contributed by atoms with Gasteiger partial charge in [-0.25, -0.2) is 0 Å². The van der Waals surface area contributed by atoms with Gasteiger partial charge in [-0.05, 0) is 70.0 Å². The molecule has 0 radical (unpaired) electrons. The number of nitrogens with zero attached hydrogens (tertiary/aromatic N) is 1. The van der Waals surface area contributed by atoms with Gasteiger partial charge in [0.2, 0.25) is 0 Å². The third kappa shape index (κ3) is 4.02. The molecule has 2 heterocycles. The van der Waals surface area contributed by atoms with E-state index in [1.54, 1.807) is 6.20 Å². The fraction of sp³-hybridized carbons (Fsp3) is 0.615. The minimum absolute atomic E-state index is 0.401. The van der Waals surface area contributed by atoms with E-state index in [0.717, 1.165) is 41.2 Å². The number of aromatic nitrogens is 1. The predicted octanol–water partition coefficient (Wildman–Crippen LogP) is 3.99. The van der Waals surface area contributed by atoms with Crippen LogP contribution < -0.4 is 0 Å². The maximum Gasteiger partial charge on any atom is 0.0971 e. The molecule has 1 fully saturated rings. The molecular weight excluding hydrogens is 362 g/mol. The van der Waals surface area contributed by atoms with Crippen molar-refractivity contribution in [1.29, 1.82) is 0 Å². The van der Waals surface area contributed by atoms with E-state index in [4.69, 9.17) is 4.74 Å². The van der Waals surface area contributed by atoms with E-state index in [-0.39, 0.29) is 0 Å². The van der Waals surface area contributed by atoms with Crippen molar-refractivity contribution in [2.24, 2.45) is 0 Å². The van der Waals surface area contributed by atoms with Crippen LogP contribution in [0.2, 0.25) is 0 Å². The molecule has 2 rings (SSSR count). The fourth-order valence-corrected chi connectivity index (χ4v) is 3.47. The van der Waals surface area contributed by atoms with Crippen molar-refractivity contribution in [2.75, 3.05) is 6.61 Å². The van der Waals surface area contributed by atoms with Gasteiger partial charge in [-0.15, -0.1) is 0 Å². The number of hydrogen-bond acceptors (Lipinski definition) is 3. The molecule has 18 heavy (non-hydrogen) atoms. The Kier molecular flexibility index (Phi) is 5.60. The Morgan fingerprint density at radius 2 is 2.33 bits per heavy atom. The summed E-state index contributed by atoms with van der Waals surface area (Å²) in [5, 5.41) is 10.1. The minimum atomic E-state index is -0.506. The zero-order valence-electron chi connectivity index (χ0n) is 10.1. The van der Waals surface area contributed by atoms with E-state index < -0.39 is 6.10 Å². The van der Waals surface area contributed by atoms with Gasteiger partial charge in [-0.1, -0.05) is 0 Å². The van der Waals surface area contributed by atoms with Gasteiger partial charge in [0.15, 0.2) is 0 Å². The summed E-state index contributed by atoms with van der Waals surface area (Å²) in [4.78, 5) is 4.25. The van der Waals surface area contributed by atoms with E-state index in [1.165, 1.54) is 6.42 Å². The second-order valence-electron chi connectivity index (χ2n) is 4.60. The molecule has 0 spiro atoms. The van der Waals surface area contributed by atoms with Crippen LogP contribution in [-0.2, 0) is 4.74 Å². The number of halogens is 2. The average molecular weight is 379 g/mol. The molecule has 1 aliphatic heterocycles. The Morgan fingerprint density at radius 1 is 1.50 bits per heavy atom. The average Bonchev–Trinajstić information content (AvgIpc) is 2.81. The quantitative estimate of drug-likeness (QED) is 0.842. The Morgan fingerprint density at radius 3 is 3.00 bits per heavy atom. The van der Waals surface area contributed by atoms with Gasteiger partial charge in [-0.2, -0.15) is 0 Å². The van der Waals surface area contributed by atoms with E-state index >= 15 is 0 Å². The molecule has 2 unspecified atom stereocenters. The summed E-state index contributed by atoms with van der Waals surface area (Å²) in [6, 6.07) is 1.91. The molecule has 100 valence electrons. The molecular formula is C13H17Br2NO2. The second-order valence-corrected chi connectivity index (χ2v) is 6.37. The van der Waals surface area contributed by atoms with Crippen molar-refractivity contribution in [3.63, 3.8) is 0 Å². The Labute approximate surface area is 124 Å². The highest BCUT2D eigenvalue weighted by molar-refractivity contribution is 9.11. The number of pyridine rings is 1. The summed E-state index contributed by atoms with van der Waals surface area (Å²) in [7, 11) is 0. The highest BCUT2D eigenvalue weighted by Gasteiger charge is 2.17. The molecule has 1 aromatic rings. The van der Waals surface area contributed by atoms with Gasteiger partial charge in [0, 0.05) is 21.7 Å². The molecule has 1 N–H and O–H groups in total. The van der Waals surface area contributed by atoms with Gasteiger partial charge in [0.05, 0.1) is 17.9 Å². The number of aliphatic hydroxyl groups is 1. The Balaban J connectivity index is 1.81. The largest absolute Gasteiger partial charge is 0.387 e. The number of ether oxygens (including phenoxy) is 1. The first-order valence-corrected chi connectivity index (χ1v) is 7.86. The van der Waals surface area contributed by atoms with Gasteiger partial charge in [0.1, 0.15) is 0 Å². The molecule has 0 saturated carbocycles. The lowest BCUT2D eigenvalue weighted by molar-refractivity contribution is 0.0938. The van der Waals surface area contributed by atoms with Crippen molar-refractivity contribution in [2.45, 2.75) is 44.3 Å². The highest BCUT2D eigenvalue weighted by atomic mass is 79.9. The first kappa shape index (κ1) is 14.4. The van der Waals surface area contributed by atoms with Crippen LogP contribution >= 0.6 is 31.9 Å². The lowest BCUT2D eigenvalue weighted by atomic mass is 10.0. The fourth-order valence-electron chi connectivity index (χ4n) is 2.22. The van der Waals surface area contributed by atoms with E-state index in [0.29, 0.717) is 11.8 Å². The topological polar surface area (TPSA) is 42.4 Å². The third-order valence-electron chi connectivity index (χ3n) is 3.18. The normalized spacial score (nSPS) is 21.2. The number of hydrogen-bond donors (Lipinski definition) is 1. The molecule has 0 aliphatic carbocycles. The lowest BCUT2D eigenvalue weighted by Crippen LogP contribution is -2.07. The van der Waals surface area contributed by atoms with Crippen molar-refractivity contribution in [3.8, 4) is 0 Å². The molecule has 5 heteroatoms. The van der Waals surface area contributed by atoms with Crippen LogP contribution in [-0.4, -0.2) is 22.8 Å². The van der Waals surface area contributed by atoms with Crippen LogP contribution in [0.5, 0.6) is 0 Å². The van der Waals surface area contributed by atoms with Crippen LogP contribution in [0.15, 0.2) is 21.2 Å². The van der Waals surface area contributed by atoms with E-state index in [2.05, 4.69) is 36.8 Å². The zero-order chi connectivity index (χ0) is 13.0. The standard InChI is InChI=1S/C13H17Br2NO2/c14-9-7-11(15)13(16-8-9)12(17)5-1-3-10-4-2-6-18-10/h7-8,10,12,17H,1-6H2. The molecule has 1 aromatic heterocycles. The van der Waals surface area contributed by atoms with E-state index in [1.807, 2.05) is 6.07 Å². The van der Waals surface area contributed by atoms with Crippen LogP contribution in [0.4, 0.5) is 0 Å². The molecule has 0 aromatic carbocycles. The first-order chi connectivity index (χ1) is 8.66. The number of aliphatic hydroxyl groups excluding tert-OH is 1. The molecule has 0 amide bonds. The van der Waals surface area contributed by atoms with Crippen molar-refractivity contribution >= 4 is 31.9 Å². The van der Waals surface area contributed by atoms with Crippen molar-refractivity contribution in [1.82, 2.24) is 4.98 Å². The summed E-state index contributed by atoms with van der Waals surface area (Å²) in [6.07, 6.45) is 6.67. The molecule has 2 atom stereocenters. The number of rotatable bonds is 5. The van der Waals surface area contributed by atoms with Gasteiger partial charge in [-0.3, -0.25) is 4.98 Å². The molecule has 0 bridgehead atoms. The SMILES string of the molecule is OC(CCCC1CCCO1)c1ncc(Br)cc1Br. The highest BCUT2D eigenvalue weighted by Crippen LogP contribution is 2.28. The van der Waals surface area contributed by atoms with Gasteiger partial charge >= 0.3 is 0 Å². The molecule has 1 saturated heterocycles. The molecule has 3 nitrogen and oxygen atoms in total. The summed E-state index contributed by atoms with van der Waals surface area (Å²) in [6.45, 7) is 0.896. The van der Waals surface area contributed by atoms with Gasteiger partial charge in [0.25, 0.3) is 0 Å². The zero-order valence-corrected chi connectivity index (χ0v) is 13.3. The summed E-state index contributed by atoms with van der Waals surface area (Å²) in [5.74, 6) is 0. The summed E-state index contributed by atoms with van der Waals surface area (Å²) >= 11 is 6.78. The Bertz CT molecular complexity index is 395. The maximum atomic E-state index is 10.1. The first-order valence-electron chi connectivity index (χ1n) is 6.27. The second kappa shape index (κ2) is 6.98. The maximum absolute atomic E-state index is 10.1. The Hall–Kier alpha value is 0.0300. The summed E-state index contributed by atoms with van der Waals surface area (Å²) in [5.41, 5.74) is 0.713. The predicted molar refractivity (Wildman–Crippen MR) is 77.4 cm³/mol. The smallest absolute Gasteiger partial charge is 0.0971 e. The van der Waals surface area contributed by atoms with Crippen LogP contribution in [0.3, 0.4) is 0 Å². The minimum Gasteiger partial charge on any atom is -0.387 e. The summed E-state index contributed by atoms with van der Waals surface area (Å²) < 4.78 is 7.32. The molecule has 1 aliphatic rings.